The fourth-order valence-electron chi connectivity index (χ4n) is 1.40. The van der Waals surface area contributed by atoms with E-state index in [0.29, 0.717) is 18.0 Å². The molecular formula is C9H15ClN2O. The lowest BCUT2D eigenvalue weighted by molar-refractivity contribution is -0.121. The van der Waals surface area contributed by atoms with Crippen LogP contribution in [-0.2, 0) is 4.79 Å². The first kappa shape index (κ1) is 10.5. The van der Waals surface area contributed by atoms with Gasteiger partial charge >= 0.3 is 0 Å². The van der Waals surface area contributed by atoms with Gasteiger partial charge in [0, 0.05) is 30.6 Å². The third-order valence-corrected chi connectivity index (χ3v) is 2.20. The van der Waals surface area contributed by atoms with E-state index in [9.17, 15) is 4.79 Å². The molecular weight excluding hydrogens is 188 g/mol. The van der Waals surface area contributed by atoms with Crippen molar-refractivity contribution in [3.63, 3.8) is 0 Å². The van der Waals surface area contributed by atoms with Crippen LogP contribution in [0.5, 0.6) is 0 Å². The fraction of sp³-hybridized carbons (Fsp3) is 0.667. The fourth-order valence-corrected chi connectivity index (χ4v) is 1.48. The molecule has 0 bridgehead atoms. The van der Waals surface area contributed by atoms with E-state index in [1.165, 1.54) is 0 Å². The van der Waals surface area contributed by atoms with Gasteiger partial charge in [-0.15, -0.1) is 0 Å². The van der Waals surface area contributed by atoms with Crippen molar-refractivity contribution in [1.29, 1.82) is 0 Å². The van der Waals surface area contributed by atoms with E-state index in [2.05, 4.69) is 17.2 Å². The van der Waals surface area contributed by atoms with Crippen LogP contribution in [0.1, 0.15) is 19.3 Å². The Morgan fingerprint density at radius 3 is 3.23 bits per heavy atom. The van der Waals surface area contributed by atoms with Crippen LogP contribution in [0.4, 0.5) is 0 Å². The molecule has 1 unspecified atom stereocenters. The Morgan fingerprint density at radius 1 is 1.77 bits per heavy atom. The molecule has 3 nitrogen and oxygen atoms in total. The summed E-state index contributed by atoms with van der Waals surface area (Å²) in [6.07, 6.45) is 2.59. The Hall–Kier alpha value is -0.540. The Balaban J connectivity index is 2.30. The second-order valence-corrected chi connectivity index (χ2v) is 3.83. The molecule has 0 aromatic heterocycles. The molecule has 1 atom stereocenters. The van der Waals surface area contributed by atoms with Crippen LogP contribution in [-0.4, -0.2) is 25.0 Å². The topological polar surface area (TPSA) is 41.1 Å². The Morgan fingerprint density at radius 2 is 2.54 bits per heavy atom. The Labute approximate surface area is 83.5 Å². The van der Waals surface area contributed by atoms with E-state index in [1.54, 1.807) is 0 Å². The predicted molar refractivity (Wildman–Crippen MR) is 53.6 cm³/mol. The minimum absolute atomic E-state index is 0.121. The normalized spacial score (nSPS) is 23.5. The van der Waals surface area contributed by atoms with Crippen molar-refractivity contribution >= 4 is 17.5 Å². The van der Waals surface area contributed by atoms with Crippen LogP contribution in [0.2, 0.25) is 0 Å². The first-order chi connectivity index (χ1) is 6.18. The Kier molecular flexibility index (Phi) is 4.25. The summed E-state index contributed by atoms with van der Waals surface area (Å²) < 4.78 is 0. The SMILES string of the molecule is C=C(Cl)CNC1CCCNC(=O)C1. The molecule has 0 spiro atoms. The summed E-state index contributed by atoms with van der Waals surface area (Å²) in [6, 6.07) is 0.248. The van der Waals surface area contributed by atoms with Crippen LogP contribution in [0.25, 0.3) is 0 Å². The van der Waals surface area contributed by atoms with E-state index in [-0.39, 0.29) is 11.9 Å². The molecule has 1 amide bonds. The first-order valence-electron chi connectivity index (χ1n) is 4.52. The van der Waals surface area contributed by atoms with Crippen molar-refractivity contribution in [3.8, 4) is 0 Å². The smallest absolute Gasteiger partial charge is 0.221 e. The molecule has 1 heterocycles. The van der Waals surface area contributed by atoms with Gasteiger partial charge in [-0.25, -0.2) is 0 Å². The first-order valence-corrected chi connectivity index (χ1v) is 4.89. The van der Waals surface area contributed by atoms with Gasteiger partial charge in [-0.2, -0.15) is 0 Å². The zero-order chi connectivity index (χ0) is 9.68. The van der Waals surface area contributed by atoms with E-state index in [1.807, 2.05) is 0 Å². The molecule has 0 radical (unpaired) electrons. The molecule has 0 aliphatic carbocycles. The Bertz CT molecular complexity index is 206. The lowest BCUT2D eigenvalue weighted by Gasteiger charge is -2.13. The van der Waals surface area contributed by atoms with Gasteiger partial charge in [0.2, 0.25) is 5.91 Å². The van der Waals surface area contributed by atoms with Crippen molar-refractivity contribution < 1.29 is 4.79 Å². The summed E-state index contributed by atoms with van der Waals surface area (Å²) in [5.74, 6) is 0.121. The third-order valence-electron chi connectivity index (χ3n) is 2.07. The highest BCUT2D eigenvalue weighted by Gasteiger charge is 2.16. The minimum atomic E-state index is 0.121. The highest BCUT2D eigenvalue weighted by Crippen LogP contribution is 2.06. The van der Waals surface area contributed by atoms with Gasteiger partial charge < -0.3 is 10.6 Å². The van der Waals surface area contributed by atoms with Crippen molar-refractivity contribution in [2.45, 2.75) is 25.3 Å². The molecule has 1 rings (SSSR count). The molecule has 0 saturated carbocycles. The summed E-state index contributed by atoms with van der Waals surface area (Å²) in [7, 11) is 0. The van der Waals surface area contributed by atoms with Crippen LogP contribution in [0.3, 0.4) is 0 Å². The number of amides is 1. The molecule has 1 aliphatic heterocycles. The largest absolute Gasteiger partial charge is 0.356 e. The van der Waals surface area contributed by atoms with Crippen molar-refractivity contribution in [3.05, 3.63) is 11.6 Å². The molecule has 1 saturated heterocycles. The molecule has 2 N–H and O–H groups in total. The zero-order valence-electron chi connectivity index (χ0n) is 7.61. The number of carbonyl (C=O) groups is 1. The monoisotopic (exact) mass is 202 g/mol. The summed E-state index contributed by atoms with van der Waals surface area (Å²) in [4.78, 5) is 11.1. The predicted octanol–water partition coefficient (Wildman–Crippen LogP) is 0.997. The second-order valence-electron chi connectivity index (χ2n) is 3.29. The maximum absolute atomic E-state index is 11.1. The van der Waals surface area contributed by atoms with Crippen molar-refractivity contribution in [1.82, 2.24) is 10.6 Å². The maximum atomic E-state index is 11.1. The van der Waals surface area contributed by atoms with Gasteiger partial charge in [-0.3, -0.25) is 4.79 Å². The van der Waals surface area contributed by atoms with Crippen molar-refractivity contribution in [2.24, 2.45) is 0 Å². The van der Waals surface area contributed by atoms with Gasteiger partial charge in [0.05, 0.1) is 0 Å². The van der Waals surface area contributed by atoms with Gasteiger partial charge in [-0.1, -0.05) is 18.2 Å². The maximum Gasteiger partial charge on any atom is 0.221 e. The zero-order valence-corrected chi connectivity index (χ0v) is 8.36. The third kappa shape index (κ3) is 4.29. The van der Waals surface area contributed by atoms with Crippen molar-refractivity contribution in [2.75, 3.05) is 13.1 Å². The summed E-state index contributed by atoms with van der Waals surface area (Å²) in [6.45, 7) is 4.96. The van der Waals surface area contributed by atoms with E-state index in [4.69, 9.17) is 11.6 Å². The van der Waals surface area contributed by atoms with E-state index in [0.717, 1.165) is 19.4 Å². The average Bonchev–Trinajstić information content (AvgIpc) is 2.26. The molecule has 1 fully saturated rings. The quantitative estimate of drug-likeness (QED) is 0.717. The number of hydrogen-bond acceptors (Lipinski definition) is 2. The minimum Gasteiger partial charge on any atom is -0.356 e. The van der Waals surface area contributed by atoms with Gasteiger partial charge in [0.15, 0.2) is 0 Å². The van der Waals surface area contributed by atoms with Crippen LogP contribution < -0.4 is 10.6 Å². The summed E-state index contributed by atoms with van der Waals surface area (Å²) in [5, 5.41) is 6.61. The molecule has 0 aromatic rings. The highest BCUT2D eigenvalue weighted by atomic mass is 35.5. The molecule has 1 aliphatic rings. The summed E-state index contributed by atoms with van der Waals surface area (Å²) in [5.41, 5.74) is 0. The average molecular weight is 203 g/mol. The van der Waals surface area contributed by atoms with Crippen LogP contribution in [0.15, 0.2) is 11.6 Å². The standard InChI is InChI=1S/C9H15ClN2O/c1-7(10)6-12-8-3-2-4-11-9(13)5-8/h8,12H,1-6H2,(H,11,13). The number of hydrogen-bond donors (Lipinski definition) is 2. The summed E-state index contributed by atoms with van der Waals surface area (Å²) >= 11 is 5.62. The lowest BCUT2D eigenvalue weighted by atomic mass is 10.1. The molecule has 74 valence electrons. The van der Waals surface area contributed by atoms with Gasteiger partial charge in [0.25, 0.3) is 0 Å². The number of nitrogens with one attached hydrogen (secondary N) is 2. The van der Waals surface area contributed by atoms with Gasteiger partial charge in [0.1, 0.15) is 0 Å². The van der Waals surface area contributed by atoms with Crippen LogP contribution >= 0.6 is 11.6 Å². The number of rotatable bonds is 3. The van der Waals surface area contributed by atoms with E-state index < -0.39 is 0 Å². The molecule has 13 heavy (non-hydrogen) atoms. The number of carbonyl (C=O) groups excluding carboxylic acids is 1. The molecule has 0 aromatic carbocycles. The van der Waals surface area contributed by atoms with E-state index >= 15 is 0 Å². The van der Waals surface area contributed by atoms with Gasteiger partial charge in [-0.05, 0) is 12.8 Å². The van der Waals surface area contributed by atoms with Crippen LogP contribution in [0, 0.1) is 0 Å². The second kappa shape index (κ2) is 5.25. The highest BCUT2D eigenvalue weighted by molar-refractivity contribution is 6.29. The lowest BCUT2D eigenvalue weighted by Crippen LogP contribution is -2.33. The molecule has 4 heteroatoms. The number of halogens is 1.